The van der Waals surface area contributed by atoms with Crippen molar-refractivity contribution in [3.05, 3.63) is 77.3 Å². The summed E-state index contributed by atoms with van der Waals surface area (Å²) in [5.41, 5.74) is 5.56. The molecule has 3 nitrogen and oxygen atoms in total. The molecule has 0 fully saturated rings. The Kier molecular flexibility index (Phi) is 13.5. The van der Waals surface area contributed by atoms with Gasteiger partial charge < -0.3 is 0 Å². The van der Waals surface area contributed by atoms with Crippen molar-refractivity contribution in [3.8, 4) is 5.75 Å². The number of aryl methyl sites for hydroxylation is 1. The fraction of sp³-hybridized carbons (Fsp3) is 0.375. The largest absolute Gasteiger partial charge is 0.0683 e. The van der Waals surface area contributed by atoms with E-state index in [2.05, 4.69) is 58.2 Å². The van der Waals surface area contributed by atoms with Gasteiger partial charge in [-0.3, -0.25) is 0 Å². The predicted octanol–water partition coefficient (Wildman–Crippen LogP) is 6.47. The molecular formula is C24H35N2OPb. The van der Waals surface area contributed by atoms with E-state index in [4.69, 9.17) is 9.72 Å². The van der Waals surface area contributed by atoms with Gasteiger partial charge in [0.1, 0.15) is 0 Å². The zero-order valence-electron chi connectivity index (χ0n) is 18.8. The van der Waals surface area contributed by atoms with E-state index >= 15 is 0 Å². The number of hydrogen-bond donors (Lipinski definition) is 0. The summed E-state index contributed by atoms with van der Waals surface area (Å²) < 4.78 is 6.63. The summed E-state index contributed by atoms with van der Waals surface area (Å²) in [6.07, 6.45) is 13.9. The average Bonchev–Trinajstić information content (AvgIpc) is 2.68. The fourth-order valence-electron chi connectivity index (χ4n) is 2.42. The van der Waals surface area contributed by atoms with E-state index in [-0.39, 0.29) is 0 Å². The Hall–Kier alpha value is -1.63. The number of anilines is 1. The minimum Gasteiger partial charge on any atom is -0.0683 e. The Labute approximate surface area is 188 Å². The number of aromatic nitrogens is 1. The van der Waals surface area contributed by atoms with Gasteiger partial charge in [0.2, 0.25) is 0 Å². The monoisotopic (exact) mass is 575 g/mol. The second-order valence-corrected chi connectivity index (χ2v) is 7.40. The van der Waals surface area contributed by atoms with Crippen molar-refractivity contribution < 1.29 is 4.74 Å². The number of rotatable bonds is 8. The Morgan fingerprint density at radius 3 is 2.21 bits per heavy atom. The molecule has 0 spiro atoms. The van der Waals surface area contributed by atoms with Gasteiger partial charge in [-0.25, -0.2) is 0 Å². The van der Waals surface area contributed by atoms with Crippen molar-refractivity contribution >= 4 is 31.6 Å². The first-order valence-electron chi connectivity index (χ1n) is 9.65. The molecule has 1 rings (SSSR count). The number of ether oxygens (including phenoxy) is 1. The van der Waals surface area contributed by atoms with Gasteiger partial charge >= 0.3 is 168 Å². The molecule has 4 heteroatoms. The van der Waals surface area contributed by atoms with Gasteiger partial charge in [0.05, 0.1) is 0 Å². The van der Waals surface area contributed by atoms with Crippen LogP contribution in [0.25, 0.3) is 0 Å². The first kappa shape index (κ1) is 26.4. The standard InChI is InChI=1S/C22H29N2O.C2H6.Pb/c1-9-10-11-12-15-24(17(4)14-13-16(2)3)22-19(6)18(5)21(25-8)20(7)23-22;1-2;/h9-15H,1,8H2,2-7H3;1-2H3;/b11-10-,15-12+,17-14+;;. The van der Waals surface area contributed by atoms with E-state index in [0.717, 1.165) is 64.0 Å². The molecule has 0 unspecified atom stereocenters. The average molecular weight is 575 g/mol. The first-order valence-corrected chi connectivity index (χ1v) is 12.4. The van der Waals surface area contributed by atoms with Gasteiger partial charge in [0, 0.05) is 0 Å². The third-order valence-corrected chi connectivity index (χ3v) is 4.48. The van der Waals surface area contributed by atoms with Crippen LogP contribution in [0.5, 0.6) is 5.75 Å². The van der Waals surface area contributed by atoms with E-state index in [1.165, 1.54) is 5.57 Å². The van der Waals surface area contributed by atoms with Crippen LogP contribution in [-0.4, -0.2) is 34.9 Å². The maximum atomic E-state index is 5.85. The number of allylic oxidation sites excluding steroid dienone is 8. The van der Waals surface area contributed by atoms with Gasteiger partial charge in [-0.05, 0) is 0 Å². The molecule has 0 atom stereocenters. The molecule has 3 radical (unpaired) electrons. The van der Waals surface area contributed by atoms with Crippen LogP contribution in [0.4, 0.5) is 5.82 Å². The molecule has 0 amide bonds. The zero-order valence-corrected chi connectivity index (χ0v) is 22.6. The molecule has 1 aromatic heterocycles. The Balaban J connectivity index is 0.00000352. The van der Waals surface area contributed by atoms with Gasteiger partial charge in [0.25, 0.3) is 0 Å². The molecule has 0 aliphatic rings. The van der Waals surface area contributed by atoms with Gasteiger partial charge in [-0.1, -0.05) is 20.4 Å². The Morgan fingerprint density at radius 2 is 1.68 bits per heavy atom. The maximum absolute atomic E-state index is 5.85. The molecule has 0 saturated carbocycles. The first-order chi connectivity index (χ1) is 13.3. The van der Waals surface area contributed by atoms with Crippen LogP contribution in [0.2, 0.25) is 0 Å². The molecule has 28 heavy (non-hydrogen) atoms. The van der Waals surface area contributed by atoms with Crippen LogP contribution < -0.4 is 9.64 Å². The molecule has 151 valence electrons. The van der Waals surface area contributed by atoms with Crippen LogP contribution in [0.15, 0.2) is 60.5 Å². The van der Waals surface area contributed by atoms with Crippen molar-refractivity contribution in [1.82, 2.24) is 4.98 Å². The van der Waals surface area contributed by atoms with Crippen molar-refractivity contribution in [3.63, 3.8) is 0 Å². The summed E-state index contributed by atoms with van der Waals surface area (Å²) in [6.45, 7) is 20.2. The molecule has 0 bridgehead atoms. The molecule has 0 saturated heterocycles. The zero-order chi connectivity index (χ0) is 21.7. The predicted molar refractivity (Wildman–Crippen MR) is 125 cm³/mol. The number of pyridine rings is 1. The normalized spacial score (nSPS) is 11.2. The topological polar surface area (TPSA) is 25.4 Å². The van der Waals surface area contributed by atoms with Crippen LogP contribution in [-0.2, 0) is 0 Å². The minimum absolute atomic E-state index is 0.775. The van der Waals surface area contributed by atoms with E-state index in [9.17, 15) is 0 Å². The molecule has 0 aliphatic carbocycles. The molecule has 0 aliphatic heterocycles. The van der Waals surface area contributed by atoms with E-state index < -0.39 is 0 Å². The summed E-state index contributed by atoms with van der Waals surface area (Å²) in [5.74, 6) is 1.85. The van der Waals surface area contributed by atoms with Crippen LogP contribution in [0.3, 0.4) is 0 Å². The second-order valence-electron chi connectivity index (χ2n) is 6.27. The summed E-state index contributed by atoms with van der Waals surface area (Å²) >= 11 is 1.01. The third-order valence-electron chi connectivity index (χ3n) is 3.92. The SMILES string of the molecule is C=C/C=C\C=C\N(/C(C)=C/C=C(C)C)c1nc(C)c(O[CH2][Pb])c(C)c1C.CC. The second kappa shape index (κ2) is 14.4. The van der Waals surface area contributed by atoms with Crippen LogP contribution >= 0.6 is 0 Å². The quantitative estimate of drug-likeness (QED) is 0.263. The van der Waals surface area contributed by atoms with Gasteiger partial charge in [-0.2, -0.15) is 0 Å². The summed E-state index contributed by atoms with van der Waals surface area (Å²) in [6, 6.07) is 0. The summed E-state index contributed by atoms with van der Waals surface area (Å²) in [4.78, 5) is 6.98. The smallest absolute Gasteiger partial charge is 0.0683 e. The molecule has 0 aromatic carbocycles. The summed E-state index contributed by atoms with van der Waals surface area (Å²) in [5, 5.41) is 0. The van der Waals surface area contributed by atoms with Crippen LogP contribution in [0, 0.1) is 20.8 Å². The van der Waals surface area contributed by atoms with Gasteiger partial charge in [-0.15, -0.1) is 0 Å². The van der Waals surface area contributed by atoms with E-state index in [1.54, 1.807) is 6.08 Å². The fourth-order valence-corrected chi connectivity index (χ4v) is 2.98. The number of nitrogens with zero attached hydrogens (tertiary/aromatic N) is 2. The van der Waals surface area contributed by atoms with Crippen molar-refractivity contribution in [1.29, 1.82) is 0 Å². The summed E-state index contributed by atoms with van der Waals surface area (Å²) in [7, 11) is 0. The number of hydrogen-bond acceptors (Lipinski definition) is 3. The molecular weight excluding hydrogens is 539 g/mol. The minimum atomic E-state index is 0.775. The Morgan fingerprint density at radius 1 is 1.04 bits per heavy atom. The van der Waals surface area contributed by atoms with Crippen LogP contribution in [0.1, 0.15) is 51.4 Å². The maximum Gasteiger partial charge on any atom is -0.0683 e. The Bertz CT molecular complexity index is 754. The van der Waals surface area contributed by atoms with Gasteiger partial charge in [0.15, 0.2) is 0 Å². The van der Waals surface area contributed by atoms with Crippen molar-refractivity contribution in [2.45, 2.75) is 55.4 Å². The molecule has 0 N–H and O–H groups in total. The molecule has 1 heterocycles. The van der Waals surface area contributed by atoms with Crippen molar-refractivity contribution in [2.24, 2.45) is 0 Å². The van der Waals surface area contributed by atoms with E-state index in [0.29, 0.717) is 0 Å². The molecule has 1 aromatic rings. The van der Waals surface area contributed by atoms with E-state index in [1.807, 2.05) is 45.2 Å². The third kappa shape index (κ3) is 8.17. The van der Waals surface area contributed by atoms with Crippen molar-refractivity contribution in [2.75, 3.05) is 9.07 Å².